The van der Waals surface area contributed by atoms with Gasteiger partial charge in [-0.25, -0.2) is 4.68 Å². The number of hydrogen-bond donors (Lipinski definition) is 1. The highest BCUT2D eigenvalue weighted by Crippen LogP contribution is 2.36. The Morgan fingerprint density at radius 3 is 2.64 bits per heavy atom. The second-order valence-electron chi connectivity index (χ2n) is 6.35. The van der Waals surface area contributed by atoms with Gasteiger partial charge in [0.15, 0.2) is 0 Å². The van der Waals surface area contributed by atoms with Gasteiger partial charge in [0.05, 0.1) is 11.4 Å². The molecule has 3 heterocycles. The van der Waals surface area contributed by atoms with Crippen LogP contribution in [0.2, 0.25) is 0 Å². The number of nitrogens with zero attached hydrogens (tertiary/aromatic N) is 3. The Bertz CT molecular complexity index is 669. The van der Waals surface area contributed by atoms with E-state index in [-0.39, 0.29) is 0 Å². The minimum Gasteiger partial charge on any atom is -0.369 e. The van der Waals surface area contributed by atoms with Gasteiger partial charge in [-0.1, -0.05) is 0 Å². The Hall–Kier alpha value is -1.08. The molecule has 4 rings (SSSR count). The van der Waals surface area contributed by atoms with Gasteiger partial charge in [0.2, 0.25) is 0 Å². The van der Waals surface area contributed by atoms with Crippen molar-refractivity contribution >= 4 is 28.4 Å². The third-order valence-electron chi connectivity index (χ3n) is 4.86. The van der Waals surface area contributed by atoms with Gasteiger partial charge < -0.3 is 10.2 Å². The Kier molecular flexibility index (Phi) is 3.86. The lowest BCUT2D eigenvalue weighted by atomic mass is 9.91. The van der Waals surface area contributed by atoms with E-state index in [4.69, 9.17) is 5.10 Å². The number of halogens is 1. The van der Waals surface area contributed by atoms with Crippen molar-refractivity contribution in [1.29, 1.82) is 0 Å². The van der Waals surface area contributed by atoms with Crippen molar-refractivity contribution in [2.24, 2.45) is 0 Å². The molecule has 0 atom stereocenters. The van der Waals surface area contributed by atoms with Gasteiger partial charge in [0, 0.05) is 21.6 Å². The van der Waals surface area contributed by atoms with Gasteiger partial charge in [0.1, 0.15) is 5.82 Å². The first-order valence-electron chi connectivity index (χ1n) is 8.02. The first kappa shape index (κ1) is 14.5. The van der Waals surface area contributed by atoms with Gasteiger partial charge in [-0.05, 0) is 86.3 Å². The normalized spacial score (nSPS) is 19.2. The minimum absolute atomic E-state index is 0.620. The van der Waals surface area contributed by atoms with Gasteiger partial charge in [-0.3, -0.25) is 0 Å². The average molecular weight is 408 g/mol. The number of likely N-dealkylation sites (tertiary alicyclic amines) is 1. The molecule has 1 saturated heterocycles. The van der Waals surface area contributed by atoms with Gasteiger partial charge in [-0.15, -0.1) is 0 Å². The van der Waals surface area contributed by atoms with Crippen molar-refractivity contribution in [2.75, 3.05) is 32.0 Å². The van der Waals surface area contributed by atoms with E-state index in [1.54, 1.807) is 0 Å². The summed E-state index contributed by atoms with van der Waals surface area (Å²) in [5.41, 5.74) is 3.95. The summed E-state index contributed by atoms with van der Waals surface area (Å²) in [6.45, 7) is 3.41. The fourth-order valence-electron chi connectivity index (χ4n) is 3.58. The third-order valence-corrected chi connectivity index (χ3v) is 5.58. The topological polar surface area (TPSA) is 33.1 Å². The predicted octanol–water partition coefficient (Wildman–Crippen LogP) is 3.25. The zero-order valence-electron chi connectivity index (χ0n) is 12.8. The summed E-state index contributed by atoms with van der Waals surface area (Å²) >= 11 is 2.35. The maximum atomic E-state index is 5.01. The summed E-state index contributed by atoms with van der Waals surface area (Å²) in [5, 5.41) is 8.55. The first-order chi connectivity index (χ1) is 10.7. The van der Waals surface area contributed by atoms with Crippen LogP contribution in [-0.2, 0) is 6.42 Å². The van der Waals surface area contributed by atoms with Crippen LogP contribution in [-0.4, -0.2) is 41.4 Å². The first-order valence-corrected chi connectivity index (χ1v) is 9.10. The van der Waals surface area contributed by atoms with Crippen molar-refractivity contribution in [1.82, 2.24) is 14.7 Å². The Morgan fingerprint density at radius 1 is 1.18 bits per heavy atom. The summed E-state index contributed by atoms with van der Waals surface area (Å²) in [4.78, 5) is 2.42. The quantitative estimate of drug-likeness (QED) is 0.775. The number of rotatable bonds is 2. The molecule has 0 unspecified atom stereocenters. The monoisotopic (exact) mass is 408 g/mol. The summed E-state index contributed by atoms with van der Waals surface area (Å²) in [7, 11) is 2.21. The predicted molar refractivity (Wildman–Crippen MR) is 97.9 cm³/mol. The van der Waals surface area contributed by atoms with Gasteiger partial charge in [0.25, 0.3) is 0 Å². The molecule has 1 fully saturated rings. The summed E-state index contributed by atoms with van der Waals surface area (Å²) in [6.07, 6.45) is 3.57. The number of nitrogens with one attached hydrogen (secondary N) is 1. The molecular weight excluding hydrogens is 387 g/mol. The molecule has 2 aliphatic heterocycles. The molecule has 4 nitrogen and oxygen atoms in total. The maximum absolute atomic E-state index is 5.01. The van der Waals surface area contributed by atoms with E-state index in [2.05, 4.69) is 68.8 Å². The van der Waals surface area contributed by atoms with E-state index < -0.39 is 0 Å². The van der Waals surface area contributed by atoms with Crippen LogP contribution in [0.15, 0.2) is 24.3 Å². The molecule has 2 aliphatic rings. The van der Waals surface area contributed by atoms with E-state index in [0.29, 0.717) is 5.92 Å². The molecule has 0 aliphatic carbocycles. The van der Waals surface area contributed by atoms with Gasteiger partial charge >= 0.3 is 0 Å². The minimum atomic E-state index is 0.620. The van der Waals surface area contributed by atoms with E-state index in [9.17, 15) is 0 Å². The highest BCUT2D eigenvalue weighted by molar-refractivity contribution is 14.1. The largest absolute Gasteiger partial charge is 0.369 e. The molecular formula is C17H21IN4. The van der Waals surface area contributed by atoms with Crippen LogP contribution in [0.3, 0.4) is 0 Å². The summed E-state index contributed by atoms with van der Waals surface area (Å²) in [6, 6.07) is 8.61. The zero-order valence-corrected chi connectivity index (χ0v) is 15.0. The number of anilines is 1. The fourth-order valence-corrected chi connectivity index (χ4v) is 3.94. The Morgan fingerprint density at radius 2 is 1.91 bits per heavy atom. The molecule has 22 heavy (non-hydrogen) atoms. The molecule has 0 radical (unpaired) electrons. The lowest BCUT2D eigenvalue weighted by molar-refractivity contribution is 0.252. The van der Waals surface area contributed by atoms with Gasteiger partial charge in [-0.2, -0.15) is 5.10 Å². The van der Waals surface area contributed by atoms with Crippen molar-refractivity contribution in [3.8, 4) is 5.69 Å². The number of benzene rings is 1. The highest BCUT2D eigenvalue weighted by Gasteiger charge is 2.29. The average Bonchev–Trinajstić information content (AvgIpc) is 3.12. The molecule has 0 saturated carbocycles. The van der Waals surface area contributed by atoms with E-state index in [1.807, 2.05) is 0 Å². The van der Waals surface area contributed by atoms with Crippen molar-refractivity contribution in [3.63, 3.8) is 0 Å². The third kappa shape index (κ3) is 2.54. The SMILES string of the molecule is CN1CCC(c2nn(-c3ccc(I)cc3)c3c2CCN3)CC1. The van der Waals surface area contributed by atoms with Crippen LogP contribution in [0.5, 0.6) is 0 Å². The molecule has 0 amide bonds. The van der Waals surface area contributed by atoms with Crippen LogP contribution in [0.1, 0.15) is 30.0 Å². The molecule has 2 aromatic rings. The maximum Gasteiger partial charge on any atom is 0.133 e. The molecule has 1 N–H and O–H groups in total. The molecule has 116 valence electrons. The van der Waals surface area contributed by atoms with Crippen molar-refractivity contribution < 1.29 is 0 Å². The van der Waals surface area contributed by atoms with Crippen molar-refractivity contribution in [3.05, 3.63) is 39.1 Å². The second kappa shape index (κ2) is 5.85. The van der Waals surface area contributed by atoms with E-state index in [0.717, 1.165) is 18.7 Å². The zero-order chi connectivity index (χ0) is 15.1. The lowest BCUT2D eigenvalue weighted by Crippen LogP contribution is -2.29. The van der Waals surface area contributed by atoms with Crippen LogP contribution in [0.25, 0.3) is 5.69 Å². The molecule has 1 aromatic carbocycles. The molecule has 1 aromatic heterocycles. The van der Waals surface area contributed by atoms with Crippen LogP contribution < -0.4 is 5.32 Å². The highest BCUT2D eigenvalue weighted by atomic mass is 127. The number of piperidine rings is 1. The Labute approximate surface area is 145 Å². The van der Waals surface area contributed by atoms with Crippen LogP contribution in [0.4, 0.5) is 5.82 Å². The summed E-state index contributed by atoms with van der Waals surface area (Å²) in [5.74, 6) is 1.84. The van der Waals surface area contributed by atoms with Crippen molar-refractivity contribution in [2.45, 2.75) is 25.2 Å². The van der Waals surface area contributed by atoms with Crippen LogP contribution >= 0.6 is 22.6 Å². The summed E-state index contributed by atoms with van der Waals surface area (Å²) < 4.78 is 3.38. The number of aromatic nitrogens is 2. The Balaban J connectivity index is 1.72. The molecule has 0 spiro atoms. The smallest absolute Gasteiger partial charge is 0.133 e. The standard InChI is InChI=1S/C17H21IN4/c1-21-10-7-12(8-11-21)16-15-6-9-19-17(15)22(20-16)14-4-2-13(18)3-5-14/h2-5,12,19H,6-11H2,1H3. The van der Waals surface area contributed by atoms with Crippen LogP contribution in [0, 0.1) is 3.57 Å². The lowest BCUT2D eigenvalue weighted by Gasteiger charge is -2.28. The number of fused-ring (bicyclic) bond motifs is 1. The fraction of sp³-hybridized carbons (Fsp3) is 0.471. The van der Waals surface area contributed by atoms with E-state index in [1.165, 1.54) is 46.6 Å². The molecule has 0 bridgehead atoms. The second-order valence-corrected chi connectivity index (χ2v) is 7.60. The number of hydrogen-bond acceptors (Lipinski definition) is 3. The van der Waals surface area contributed by atoms with E-state index >= 15 is 0 Å². The molecule has 5 heteroatoms.